The number of hydrogen-bond donors (Lipinski definition) is 0. The Morgan fingerprint density at radius 3 is 2.54 bits per heavy atom. The predicted molar refractivity (Wildman–Crippen MR) is 65.8 cm³/mol. The Morgan fingerprint density at radius 2 is 1.92 bits per heavy atom. The minimum absolute atomic E-state index is 0.966. The molecule has 0 rings (SSSR count). The highest BCUT2D eigenvalue weighted by atomic mass is 31.0. The van der Waals surface area contributed by atoms with Gasteiger partial charge in [0.25, 0.3) is 0 Å². The molecular formula is C12H19P. The van der Waals surface area contributed by atoms with Gasteiger partial charge in [-0.05, 0) is 26.2 Å². The van der Waals surface area contributed by atoms with Crippen molar-refractivity contribution in [1.29, 1.82) is 0 Å². The van der Waals surface area contributed by atoms with E-state index in [2.05, 4.69) is 46.2 Å². The number of rotatable bonds is 6. The van der Waals surface area contributed by atoms with Gasteiger partial charge >= 0.3 is 0 Å². The monoisotopic (exact) mass is 194 g/mol. The van der Waals surface area contributed by atoms with Crippen LogP contribution in [0.2, 0.25) is 0 Å². The fourth-order valence-corrected chi connectivity index (χ4v) is 1.18. The van der Waals surface area contributed by atoms with E-state index in [1.54, 1.807) is 0 Å². The van der Waals surface area contributed by atoms with Crippen molar-refractivity contribution in [3.05, 3.63) is 48.3 Å². The van der Waals surface area contributed by atoms with E-state index in [0.29, 0.717) is 0 Å². The van der Waals surface area contributed by atoms with E-state index in [0.717, 1.165) is 19.3 Å². The van der Waals surface area contributed by atoms with Gasteiger partial charge < -0.3 is 0 Å². The SMILES string of the molecule is C=CC/C(P)=C\C/C=C\C/C=C\C. The fourth-order valence-electron chi connectivity index (χ4n) is 0.877. The zero-order chi connectivity index (χ0) is 9.94. The fraction of sp³-hybridized carbons (Fsp3) is 0.333. The number of allylic oxidation sites excluding steroid dienone is 7. The molecule has 0 radical (unpaired) electrons. The lowest BCUT2D eigenvalue weighted by Gasteiger charge is -1.91. The topological polar surface area (TPSA) is 0 Å². The summed E-state index contributed by atoms with van der Waals surface area (Å²) in [6.07, 6.45) is 15.7. The Morgan fingerprint density at radius 1 is 1.23 bits per heavy atom. The molecule has 0 aliphatic carbocycles. The van der Waals surface area contributed by atoms with Crippen LogP contribution < -0.4 is 0 Å². The summed E-state index contributed by atoms with van der Waals surface area (Å²) in [5, 5.41) is 1.31. The minimum Gasteiger partial charge on any atom is -0.110 e. The normalized spacial score (nSPS) is 12.9. The van der Waals surface area contributed by atoms with E-state index in [1.165, 1.54) is 5.31 Å². The van der Waals surface area contributed by atoms with Crippen LogP contribution in [0.5, 0.6) is 0 Å². The van der Waals surface area contributed by atoms with Crippen LogP contribution in [0.15, 0.2) is 48.3 Å². The van der Waals surface area contributed by atoms with Gasteiger partial charge in [-0.15, -0.1) is 15.8 Å². The lowest BCUT2D eigenvalue weighted by atomic mass is 10.2. The summed E-state index contributed by atoms with van der Waals surface area (Å²) >= 11 is 0. The van der Waals surface area contributed by atoms with Crippen molar-refractivity contribution in [2.45, 2.75) is 26.2 Å². The molecule has 0 heterocycles. The van der Waals surface area contributed by atoms with Crippen molar-refractivity contribution in [2.75, 3.05) is 0 Å². The lowest BCUT2D eigenvalue weighted by Crippen LogP contribution is -1.67. The highest BCUT2D eigenvalue weighted by Crippen LogP contribution is 2.11. The van der Waals surface area contributed by atoms with Crippen LogP contribution in [0.1, 0.15) is 26.2 Å². The van der Waals surface area contributed by atoms with Crippen molar-refractivity contribution in [2.24, 2.45) is 0 Å². The maximum atomic E-state index is 3.69. The largest absolute Gasteiger partial charge is 0.110 e. The molecule has 0 saturated heterocycles. The Kier molecular flexibility index (Phi) is 9.03. The molecule has 0 aliphatic heterocycles. The average Bonchev–Trinajstić information content (AvgIpc) is 2.11. The van der Waals surface area contributed by atoms with Gasteiger partial charge in [0.15, 0.2) is 0 Å². The Bertz CT molecular complexity index is 209. The van der Waals surface area contributed by atoms with E-state index >= 15 is 0 Å². The van der Waals surface area contributed by atoms with Crippen molar-refractivity contribution in [3.8, 4) is 0 Å². The first-order valence-electron chi connectivity index (χ1n) is 4.62. The van der Waals surface area contributed by atoms with E-state index in [-0.39, 0.29) is 0 Å². The van der Waals surface area contributed by atoms with Gasteiger partial charge in [-0.2, -0.15) is 0 Å². The summed E-state index contributed by atoms with van der Waals surface area (Å²) < 4.78 is 0. The summed E-state index contributed by atoms with van der Waals surface area (Å²) in [5.41, 5.74) is 0. The van der Waals surface area contributed by atoms with Gasteiger partial charge in [0.1, 0.15) is 0 Å². The smallest absolute Gasteiger partial charge is 0.0104 e. The molecule has 0 spiro atoms. The third kappa shape index (κ3) is 9.30. The molecule has 0 nitrogen and oxygen atoms in total. The second-order valence-electron chi connectivity index (χ2n) is 2.78. The zero-order valence-electron chi connectivity index (χ0n) is 8.37. The molecule has 0 amide bonds. The Balaban J connectivity index is 3.58. The molecule has 0 aromatic carbocycles. The van der Waals surface area contributed by atoms with E-state index < -0.39 is 0 Å². The maximum Gasteiger partial charge on any atom is -0.0104 e. The van der Waals surface area contributed by atoms with Crippen LogP contribution in [0.3, 0.4) is 0 Å². The first-order chi connectivity index (χ1) is 6.31. The molecule has 0 fully saturated rings. The predicted octanol–water partition coefficient (Wildman–Crippen LogP) is 4.23. The first-order valence-corrected chi connectivity index (χ1v) is 5.20. The number of hydrogen-bond acceptors (Lipinski definition) is 0. The molecule has 0 aromatic rings. The van der Waals surface area contributed by atoms with E-state index in [9.17, 15) is 0 Å². The van der Waals surface area contributed by atoms with Gasteiger partial charge in [0.05, 0.1) is 0 Å². The maximum absolute atomic E-state index is 3.69. The summed E-state index contributed by atoms with van der Waals surface area (Å²) in [6.45, 7) is 5.73. The molecular weight excluding hydrogens is 175 g/mol. The molecule has 1 atom stereocenters. The Hall–Kier alpha value is -0.610. The molecule has 72 valence electrons. The van der Waals surface area contributed by atoms with Crippen LogP contribution >= 0.6 is 9.24 Å². The lowest BCUT2D eigenvalue weighted by molar-refractivity contribution is 1.26. The third-order valence-corrected chi connectivity index (χ3v) is 2.04. The molecule has 0 N–H and O–H groups in total. The molecule has 1 unspecified atom stereocenters. The minimum atomic E-state index is 0.966. The summed E-state index contributed by atoms with van der Waals surface area (Å²) in [6, 6.07) is 0. The average molecular weight is 194 g/mol. The highest BCUT2D eigenvalue weighted by molar-refractivity contribution is 7.22. The summed E-state index contributed by atoms with van der Waals surface area (Å²) in [7, 11) is 2.73. The van der Waals surface area contributed by atoms with E-state index in [1.807, 2.05) is 13.0 Å². The van der Waals surface area contributed by atoms with Crippen LogP contribution in [0, 0.1) is 0 Å². The van der Waals surface area contributed by atoms with Gasteiger partial charge in [-0.25, -0.2) is 0 Å². The Labute approximate surface area is 84.3 Å². The van der Waals surface area contributed by atoms with Crippen LogP contribution in [0.25, 0.3) is 0 Å². The summed E-state index contributed by atoms with van der Waals surface area (Å²) in [5.74, 6) is 0. The second kappa shape index (κ2) is 9.48. The van der Waals surface area contributed by atoms with Crippen molar-refractivity contribution >= 4 is 9.24 Å². The first kappa shape index (κ1) is 12.4. The van der Waals surface area contributed by atoms with Crippen molar-refractivity contribution in [1.82, 2.24) is 0 Å². The molecule has 0 bridgehead atoms. The molecule has 1 heteroatoms. The van der Waals surface area contributed by atoms with Gasteiger partial charge in [-0.1, -0.05) is 41.8 Å². The van der Waals surface area contributed by atoms with Crippen LogP contribution in [-0.4, -0.2) is 0 Å². The van der Waals surface area contributed by atoms with Crippen molar-refractivity contribution < 1.29 is 0 Å². The third-order valence-electron chi connectivity index (χ3n) is 1.57. The van der Waals surface area contributed by atoms with E-state index in [4.69, 9.17) is 0 Å². The van der Waals surface area contributed by atoms with Gasteiger partial charge in [-0.3, -0.25) is 0 Å². The molecule has 0 aliphatic rings. The van der Waals surface area contributed by atoms with Gasteiger partial charge in [0.2, 0.25) is 0 Å². The molecule has 0 saturated carbocycles. The molecule has 13 heavy (non-hydrogen) atoms. The quantitative estimate of drug-likeness (QED) is 0.438. The standard InChI is InChI=1S/C12H19P/c1-3-5-6-7-8-9-11-12(13)10-4-2/h3-5,7-8,11H,2,6,9-10,13H2,1H3/b5-3-,8-7-,12-11+. The highest BCUT2D eigenvalue weighted by Gasteiger charge is 1.81. The van der Waals surface area contributed by atoms with Crippen LogP contribution in [0.4, 0.5) is 0 Å². The zero-order valence-corrected chi connectivity index (χ0v) is 9.52. The van der Waals surface area contributed by atoms with Crippen molar-refractivity contribution in [3.63, 3.8) is 0 Å². The second-order valence-corrected chi connectivity index (χ2v) is 3.53. The molecule has 0 aromatic heterocycles. The van der Waals surface area contributed by atoms with Crippen LogP contribution in [-0.2, 0) is 0 Å². The van der Waals surface area contributed by atoms with Gasteiger partial charge in [0, 0.05) is 0 Å². The summed E-state index contributed by atoms with van der Waals surface area (Å²) in [4.78, 5) is 0.